The number of nitrogens with zero attached hydrogens (tertiary/aromatic N) is 1. The SMILES string of the molecule is CCN(Cc1ccccc1)c1cccc(C)c1.Cc1ccc(S(=O)(=O)O)cc1N. The first-order valence-electron chi connectivity index (χ1n) is 9.40. The van der Waals surface area contributed by atoms with Crippen molar-refractivity contribution in [3.63, 3.8) is 0 Å². The van der Waals surface area contributed by atoms with Crippen LogP contribution in [0.3, 0.4) is 0 Å². The molecule has 3 aromatic rings. The Morgan fingerprint density at radius 2 is 1.62 bits per heavy atom. The van der Waals surface area contributed by atoms with Gasteiger partial charge in [0.25, 0.3) is 10.1 Å². The van der Waals surface area contributed by atoms with E-state index in [2.05, 4.69) is 73.3 Å². The van der Waals surface area contributed by atoms with Crippen LogP contribution >= 0.6 is 0 Å². The van der Waals surface area contributed by atoms with Crippen molar-refractivity contribution < 1.29 is 13.0 Å². The van der Waals surface area contributed by atoms with Gasteiger partial charge in [-0.3, -0.25) is 4.55 Å². The number of rotatable bonds is 5. The summed E-state index contributed by atoms with van der Waals surface area (Å²) in [4.78, 5) is 2.22. The zero-order valence-electron chi connectivity index (χ0n) is 17.0. The first-order valence-corrected chi connectivity index (χ1v) is 10.8. The molecule has 0 spiro atoms. The van der Waals surface area contributed by atoms with Crippen LogP contribution in [0, 0.1) is 13.8 Å². The quantitative estimate of drug-likeness (QED) is 0.462. The number of hydrogen-bond acceptors (Lipinski definition) is 4. The molecule has 0 heterocycles. The summed E-state index contributed by atoms with van der Waals surface area (Å²) < 4.78 is 29.8. The Kier molecular flexibility index (Phi) is 7.82. The van der Waals surface area contributed by atoms with Gasteiger partial charge in [-0.1, -0.05) is 48.5 Å². The average Bonchev–Trinajstić information content (AvgIpc) is 2.69. The lowest BCUT2D eigenvalue weighted by Crippen LogP contribution is -2.21. The third-order valence-corrected chi connectivity index (χ3v) is 5.36. The van der Waals surface area contributed by atoms with Crippen LogP contribution in [0.4, 0.5) is 11.4 Å². The van der Waals surface area contributed by atoms with Gasteiger partial charge in [0.2, 0.25) is 0 Å². The van der Waals surface area contributed by atoms with Crippen LogP contribution in [0.1, 0.15) is 23.6 Å². The van der Waals surface area contributed by atoms with E-state index < -0.39 is 10.1 Å². The van der Waals surface area contributed by atoms with Gasteiger partial charge in [-0.15, -0.1) is 0 Å². The van der Waals surface area contributed by atoms with Gasteiger partial charge >= 0.3 is 0 Å². The molecule has 0 saturated carbocycles. The number of aryl methyl sites for hydroxylation is 2. The zero-order chi connectivity index (χ0) is 21.4. The highest BCUT2D eigenvalue weighted by atomic mass is 32.2. The lowest BCUT2D eigenvalue weighted by atomic mass is 10.1. The molecule has 3 N–H and O–H groups in total. The van der Waals surface area contributed by atoms with E-state index in [4.69, 9.17) is 10.3 Å². The second-order valence-corrected chi connectivity index (χ2v) is 8.25. The highest BCUT2D eigenvalue weighted by molar-refractivity contribution is 7.85. The van der Waals surface area contributed by atoms with Gasteiger partial charge in [0.1, 0.15) is 0 Å². The van der Waals surface area contributed by atoms with Crippen molar-refractivity contribution in [1.82, 2.24) is 0 Å². The van der Waals surface area contributed by atoms with Crippen LogP contribution in [0.2, 0.25) is 0 Å². The van der Waals surface area contributed by atoms with Crippen LogP contribution in [-0.4, -0.2) is 19.5 Å². The van der Waals surface area contributed by atoms with Gasteiger partial charge in [0.05, 0.1) is 4.90 Å². The van der Waals surface area contributed by atoms with Crippen LogP contribution in [0.5, 0.6) is 0 Å². The van der Waals surface area contributed by atoms with E-state index in [1.165, 1.54) is 28.9 Å². The maximum Gasteiger partial charge on any atom is 0.294 e. The third kappa shape index (κ3) is 6.93. The summed E-state index contributed by atoms with van der Waals surface area (Å²) in [6.45, 7) is 8.09. The fraction of sp³-hybridized carbons (Fsp3) is 0.217. The second kappa shape index (κ2) is 10.1. The van der Waals surface area contributed by atoms with Crippen molar-refractivity contribution in [2.45, 2.75) is 32.2 Å². The average molecular weight is 413 g/mol. The van der Waals surface area contributed by atoms with E-state index in [1.54, 1.807) is 13.0 Å². The Bertz CT molecular complexity index is 1030. The standard InChI is InChI=1S/C16H19N.C7H9NO3S/c1-3-17(13-15-9-5-4-6-10-15)16-11-7-8-14(2)12-16;1-5-2-3-6(4-7(5)8)12(9,10)11/h4-12H,3,13H2,1-2H3;2-4H,8H2,1H3,(H,9,10,11). The Hall–Kier alpha value is -2.83. The molecule has 0 aromatic heterocycles. The van der Waals surface area contributed by atoms with Crippen LogP contribution in [0.25, 0.3) is 0 Å². The number of anilines is 2. The largest absolute Gasteiger partial charge is 0.398 e. The van der Waals surface area contributed by atoms with E-state index in [1.807, 2.05) is 0 Å². The number of nitrogen functional groups attached to an aromatic ring is 1. The van der Waals surface area contributed by atoms with Crippen molar-refractivity contribution in [2.24, 2.45) is 0 Å². The lowest BCUT2D eigenvalue weighted by molar-refractivity contribution is 0.483. The summed E-state index contributed by atoms with van der Waals surface area (Å²) in [6.07, 6.45) is 0. The first-order chi connectivity index (χ1) is 13.7. The molecule has 0 unspecified atom stereocenters. The molecule has 3 rings (SSSR count). The summed E-state index contributed by atoms with van der Waals surface area (Å²) in [5, 5.41) is 0. The molecule has 154 valence electrons. The van der Waals surface area contributed by atoms with Gasteiger partial charge < -0.3 is 10.6 Å². The minimum atomic E-state index is -4.12. The minimum Gasteiger partial charge on any atom is -0.398 e. The van der Waals surface area contributed by atoms with Crippen molar-refractivity contribution in [2.75, 3.05) is 17.2 Å². The molecule has 6 heteroatoms. The minimum absolute atomic E-state index is 0.175. The molecule has 0 atom stereocenters. The van der Waals surface area contributed by atoms with Gasteiger partial charge in [-0.2, -0.15) is 8.42 Å². The van der Waals surface area contributed by atoms with Crippen LogP contribution in [-0.2, 0) is 16.7 Å². The summed E-state index contributed by atoms with van der Waals surface area (Å²) in [7, 11) is -4.12. The Morgan fingerprint density at radius 3 is 2.17 bits per heavy atom. The molecule has 3 aromatic carbocycles. The van der Waals surface area contributed by atoms with Gasteiger partial charge in [0, 0.05) is 24.5 Å². The zero-order valence-corrected chi connectivity index (χ0v) is 17.9. The molecule has 0 bridgehead atoms. The first kappa shape index (κ1) is 22.5. The summed E-state index contributed by atoms with van der Waals surface area (Å²) in [5.41, 5.74) is 10.5. The second-order valence-electron chi connectivity index (χ2n) is 6.83. The van der Waals surface area contributed by atoms with Crippen molar-refractivity contribution in [3.8, 4) is 0 Å². The van der Waals surface area contributed by atoms with Crippen molar-refractivity contribution >= 4 is 21.5 Å². The van der Waals surface area contributed by atoms with E-state index >= 15 is 0 Å². The van der Waals surface area contributed by atoms with Gasteiger partial charge in [-0.05, 0) is 61.7 Å². The fourth-order valence-corrected chi connectivity index (χ4v) is 3.31. The van der Waals surface area contributed by atoms with E-state index in [9.17, 15) is 8.42 Å². The topological polar surface area (TPSA) is 83.6 Å². The van der Waals surface area contributed by atoms with Crippen LogP contribution < -0.4 is 10.6 Å². The fourth-order valence-electron chi connectivity index (χ4n) is 2.79. The number of benzene rings is 3. The molecule has 0 radical (unpaired) electrons. The predicted molar refractivity (Wildman–Crippen MR) is 120 cm³/mol. The molecule has 0 fully saturated rings. The van der Waals surface area contributed by atoms with E-state index in [0.29, 0.717) is 5.69 Å². The molecule has 0 aliphatic heterocycles. The maximum absolute atomic E-state index is 10.6. The van der Waals surface area contributed by atoms with Crippen molar-refractivity contribution in [1.29, 1.82) is 0 Å². The molecular formula is C23H28N2O3S. The summed E-state index contributed by atoms with van der Waals surface area (Å²) >= 11 is 0. The Labute approximate surface area is 173 Å². The number of nitrogens with two attached hydrogens (primary N) is 1. The van der Waals surface area contributed by atoms with E-state index in [0.717, 1.165) is 18.7 Å². The molecule has 5 nitrogen and oxygen atoms in total. The van der Waals surface area contributed by atoms with Crippen LogP contribution in [0.15, 0.2) is 77.7 Å². The molecular weight excluding hydrogens is 384 g/mol. The molecule has 29 heavy (non-hydrogen) atoms. The highest BCUT2D eigenvalue weighted by Gasteiger charge is 2.09. The van der Waals surface area contributed by atoms with Gasteiger partial charge in [0.15, 0.2) is 0 Å². The molecule has 0 amide bonds. The smallest absolute Gasteiger partial charge is 0.294 e. The van der Waals surface area contributed by atoms with Gasteiger partial charge in [-0.25, -0.2) is 0 Å². The highest BCUT2D eigenvalue weighted by Crippen LogP contribution is 2.18. The Morgan fingerprint density at radius 1 is 0.931 bits per heavy atom. The molecule has 0 saturated heterocycles. The monoisotopic (exact) mass is 412 g/mol. The lowest BCUT2D eigenvalue weighted by Gasteiger charge is -2.23. The molecule has 0 aliphatic carbocycles. The molecule has 0 aliphatic rings. The maximum atomic E-state index is 10.6. The number of hydrogen-bond donors (Lipinski definition) is 2. The summed E-state index contributed by atoms with van der Waals surface area (Å²) in [5.74, 6) is 0. The normalized spacial score (nSPS) is 10.8. The predicted octanol–water partition coefficient (Wildman–Crippen LogP) is 4.85. The third-order valence-electron chi connectivity index (χ3n) is 4.51. The van der Waals surface area contributed by atoms with Crippen molar-refractivity contribution in [3.05, 3.63) is 89.5 Å². The van der Waals surface area contributed by atoms with E-state index in [-0.39, 0.29) is 4.90 Å². The summed E-state index contributed by atoms with van der Waals surface area (Å²) in [6, 6.07) is 23.4. The Balaban J connectivity index is 0.000000221.